The van der Waals surface area contributed by atoms with Crippen LogP contribution in [0.4, 0.5) is 5.69 Å². The maximum Gasteiger partial charge on any atom is 0.125 e. The van der Waals surface area contributed by atoms with Crippen molar-refractivity contribution in [3.05, 3.63) is 42.2 Å². The highest BCUT2D eigenvalue weighted by molar-refractivity contribution is 7.99. The van der Waals surface area contributed by atoms with E-state index >= 15 is 0 Å². The van der Waals surface area contributed by atoms with Gasteiger partial charge in [-0.2, -0.15) is 0 Å². The molecule has 76 valence electrons. The Bertz CT molecular complexity index is 457. The maximum absolute atomic E-state index is 5.86. The van der Waals surface area contributed by atoms with Gasteiger partial charge in [-0.1, -0.05) is 6.07 Å². The molecule has 2 aromatic heterocycles. The van der Waals surface area contributed by atoms with Crippen molar-refractivity contribution in [2.75, 3.05) is 5.73 Å². The zero-order valence-electron chi connectivity index (χ0n) is 8.34. The van der Waals surface area contributed by atoms with Crippen LogP contribution in [0.1, 0.15) is 5.56 Å². The lowest BCUT2D eigenvalue weighted by atomic mass is 10.3. The summed E-state index contributed by atoms with van der Waals surface area (Å²) in [6.45, 7) is 1.97. The number of aromatic nitrogens is 2. The summed E-state index contributed by atoms with van der Waals surface area (Å²) in [5, 5.41) is 1.71. The second kappa shape index (κ2) is 4.31. The molecule has 0 aromatic carbocycles. The van der Waals surface area contributed by atoms with Crippen LogP contribution in [-0.2, 0) is 0 Å². The molecule has 4 heteroatoms. The highest BCUT2D eigenvalue weighted by Crippen LogP contribution is 2.28. The van der Waals surface area contributed by atoms with Gasteiger partial charge in [0.05, 0.1) is 5.69 Å². The zero-order valence-corrected chi connectivity index (χ0v) is 9.16. The first-order valence-corrected chi connectivity index (χ1v) is 5.38. The van der Waals surface area contributed by atoms with E-state index in [9.17, 15) is 0 Å². The van der Waals surface area contributed by atoms with E-state index in [0.29, 0.717) is 5.69 Å². The molecule has 0 aliphatic heterocycles. The molecule has 2 N–H and O–H groups in total. The Kier molecular flexibility index (Phi) is 2.87. The van der Waals surface area contributed by atoms with Gasteiger partial charge in [0, 0.05) is 12.4 Å². The Morgan fingerprint density at radius 2 is 2.13 bits per heavy atom. The number of rotatable bonds is 2. The van der Waals surface area contributed by atoms with Crippen molar-refractivity contribution in [1.82, 2.24) is 9.97 Å². The van der Waals surface area contributed by atoms with E-state index < -0.39 is 0 Å². The maximum atomic E-state index is 5.86. The number of anilines is 1. The molecule has 2 rings (SSSR count). The first-order valence-electron chi connectivity index (χ1n) is 4.57. The molecule has 2 aromatic rings. The van der Waals surface area contributed by atoms with E-state index in [1.54, 1.807) is 6.20 Å². The normalized spacial score (nSPS) is 10.2. The Morgan fingerprint density at radius 1 is 1.27 bits per heavy atom. The Labute approximate surface area is 92.8 Å². The predicted molar refractivity (Wildman–Crippen MR) is 61.7 cm³/mol. The molecule has 15 heavy (non-hydrogen) atoms. The van der Waals surface area contributed by atoms with Gasteiger partial charge in [0.15, 0.2) is 0 Å². The van der Waals surface area contributed by atoms with Crippen LogP contribution in [0, 0.1) is 6.92 Å². The molecule has 0 bridgehead atoms. The lowest BCUT2D eigenvalue weighted by Crippen LogP contribution is -1.93. The third-order valence-electron chi connectivity index (χ3n) is 1.85. The van der Waals surface area contributed by atoms with E-state index in [1.807, 2.05) is 37.4 Å². The Morgan fingerprint density at radius 3 is 2.80 bits per heavy atom. The molecule has 0 radical (unpaired) electrons. The molecule has 0 amide bonds. The predicted octanol–water partition coefficient (Wildman–Crippen LogP) is 2.52. The molecule has 0 aliphatic carbocycles. The van der Waals surface area contributed by atoms with Crippen molar-refractivity contribution in [3.8, 4) is 0 Å². The van der Waals surface area contributed by atoms with E-state index in [4.69, 9.17) is 5.73 Å². The first-order chi connectivity index (χ1) is 7.25. The summed E-state index contributed by atoms with van der Waals surface area (Å²) in [4.78, 5) is 8.48. The van der Waals surface area contributed by atoms with Crippen LogP contribution in [0.2, 0.25) is 0 Å². The van der Waals surface area contributed by atoms with Crippen molar-refractivity contribution in [2.24, 2.45) is 0 Å². The summed E-state index contributed by atoms with van der Waals surface area (Å²) in [5.41, 5.74) is 7.63. The fourth-order valence-electron chi connectivity index (χ4n) is 1.17. The van der Waals surface area contributed by atoms with Crippen molar-refractivity contribution in [2.45, 2.75) is 17.0 Å². The van der Waals surface area contributed by atoms with Crippen LogP contribution in [0.15, 0.2) is 46.7 Å². The van der Waals surface area contributed by atoms with Crippen LogP contribution in [0.25, 0.3) is 0 Å². The van der Waals surface area contributed by atoms with Gasteiger partial charge in [-0.3, -0.25) is 0 Å². The van der Waals surface area contributed by atoms with Gasteiger partial charge >= 0.3 is 0 Å². The van der Waals surface area contributed by atoms with Crippen molar-refractivity contribution < 1.29 is 0 Å². The van der Waals surface area contributed by atoms with Crippen LogP contribution in [0.3, 0.4) is 0 Å². The largest absolute Gasteiger partial charge is 0.397 e. The fourth-order valence-corrected chi connectivity index (χ4v) is 1.91. The van der Waals surface area contributed by atoms with Gasteiger partial charge in [-0.15, -0.1) is 0 Å². The number of aryl methyl sites for hydroxylation is 1. The van der Waals surface area contributed by atoms with Gasteiger partial charge in [0.1, 0.15) is 10.1 Å². The molecule has 0 saturated heterocycles. The van der Waals surface area contributed by atoms with Crippen LogP contribution in [-0.4, -0.2) is 9.97 Å². The van der Waals surface area contributed by atoms with Crippen molar-refractivity contribution >= 4 is 17.4 Å². The number of nitrogens with two attached hydrogens (primary N) is 1. The number of nitrogens with zero attached hydrogens (tertiary/aromatic N) is 2. The molecule has 3 nitrogen and oxygen atoms in total. The smallest absolute Gasteiger partial charge is 0.125 e. The molecule has 2 heterocycles. The lowest BCUT2D eigenvalue weighted by Gasteiger charge is -2.03. The van der Waals surface area contributed by atoms with Crippen LogP contribution >= 0.6 is 11.8 Å². The second-order valence-corrected chi connectivity index (χ2v) is 4.19. The molecular weight excluding hydrogens is 206 g/mol. The molecule has 0 spiro atoms. The zero-order chi connectivity index (χ0) is 10.7. The van der Waals surface area contributed by atoms with Gasteiger partial charge in [0.25, 0.3) is 0 Å². The first kappa shape index (κ1) is 9.98. The third-order valence-corrected chi connectivity index (χ3v) is 2.84. The Balaban J connectivity index is 2.25. The van der Waals surface area contributed by atoms with E-state index in [2.05, 4.69) is 9.97 Å². The van der Waals surface area contributed by atoms with Crippen molar-refractivity contribution in [1.29, 1.82) is 0 Å². The summed E-state index contributed by atoms with van der Waals surface area (Å²) < 4.78 is 0. The molecule has 0 aliphatic rings. The summed E-state index contributed by atoms with van der Waals surface area (Å²) in [5.74, 6) is 0. The SMILES string of the molecule is Cc1cnc(Sc2ccccn2)c(N)c1. The van der Waals surface area contributed by atoms with Gasteiger partial charge in [-0.25, -0.2) is 9.97 Å². The average molecular weight is 217 g/mol. The van der Waals surface area contributed by atoms with Crippen LogP contribution in [0.5, 0.6) is 0 Å². The highest BCUT2D eigenvalue weighted by Gasteiger charge is 2.03. The summed E-state index contributed by atoms with van der Waals surface area (Å²) >= 11 is 1.48. The quantitative estimate of drug-likeness (QED) is 0.839. The number of nitrogen functional groups attached to an aromatic ring is 1. The molecular formula is C11H11N3S. The third kappa shape index (κ3) is 2.47. The monoisotopic (exact) mass is 217 g/mol. The minimum Gasteiger partial charge on any atom is -0.397 e. The topological polar surface area (TPSA) is 51.8 Å². The minimum absolute atomic E-state index is 0.700. The van der Waals surface area contributed by atoms with Crippen LogP contribution < -0.4 is 5.73 Å². The second-order valence-electron chi connectivity index (χ2n) is 3.18. The molecule has 0 saturated carbocycles. The number of hydrogen-bond donors (Lipinski definition) is 1. The summed E-state index contributed by atoms with van der Waals surface area (Å²) in [6.07, 6.45) is 3.56. The molecule has 0 atom stereocenters. The van der Waals surface area contributed by atoms with Crippen molar-refractivity contribution in [3.63, 3.8) is 0 Å². The Hall–Kier alpha value is -1.55. The van der Waals surface area contributed by atoms with E-state index in [-0.39, 0.29) is 0 Å². The van der Waals surface area contributed by atoms with E-state index in [1.165, 1.54) is 11.8 Å². The summed E-state index contributed by atoms with van der Waals surface area (Å²) in [7, 11) is 0. The summed E-state index contributed by atoms with van der Waals surface area (Å²) in [6, 6.07) is 7.68. The number of pyridine rings is 2. The lowest BCUT2D eigenvalue weighted by molar-refractivity contribution is 1.09. The average Bonchev–Trinajstić information content (AvgIpc) is 2.24. The standard InChI is InChI=1S/C11H11N3S/c1-8-6-9(12)11(14-7-8)15-10-4-2-3-5-13-10/h2-7H,12H2,1H3. The van der Waals surface area contributed by atoms with Gasteiger partial charge < -0.3 is 5.73 Å². The van der Waals surface area contributed by atoms with Gasteiger partial charge in [0.2, 0.25) is 0 Å². The van der Waals surface area contributed by atoms with Gasteiger partial charge in [-0.05, 0) is 42.4 Å². The molecule has 0 fully saturated rings. The molecule has 0 unspecified atom stereocenters. The fraction of sp³-hybridized carbons (Fsp3) is 0.0909. The highest BCUT2D eigenvalue weighted by atomic mass is 32.2. The van der Waals surface area contributed by atoms with E-state index in [0.717, 1.165) is 15.6 Å². The number of hydrogen-bond acceptors (Lipinski definition) is 4. The minimum atomic E-state index is 0.700.